The van der Waals surface area contributed by atoms with E-state index in [4.69, 9.17) is 6.42 Å². The van der Waals surface area contributed by atoms with Crippen molar-refractivity contribution < 1.29 is 13.2 Å². The summed E-state index contributed by atoms with van der Waals surface area (Å²) in [5, 5.41) is 0. The van der Waals surface area contributed by atoms with Crippen LogP contribution >= 0.6 is 0 Å². The second-order valence-electron chi connectivity index (χ2n) is 0.623. The topological polar surface area (TPSA) is 0 Å². The molecule has 0 aliphatic heterocycles. The van der Waals surface area contributed by atoms with Crippen molar-refractivity contribution in [2.45, 2.75) is 6.18 Å². The van der Waals surface area contributed by atoms with Crippen molar-refractivity contribution >= 4 is 0 Å². The van der Waals surface area contributed by atoms with Gasteiger partial charge in [-0.05, 0) is 0 Å². The molecule has 0 aromatic carbocycles. The average Bonchev–Trinajstić information content (AvgIpc) is 1.35. The van der Waals surface area contributed by atoms with Gasteiger partial charge >= 0.3 is 31.7 Å². The van der Waals surface area contributed by atoms with E-state index in [0.717, 1.165) is 0 Å². The zero-order valence-electron chi connectivity index (χ0n) is 2.63. The Balaban J connectivity index is 3.55. The molecule has 0 atom stereocenters. The Labute approximate surface area is 33.0 Å². The average molecular weight is 93.0 g/mol. The third kappa shape index (κ3) is 3.57. The van der Waals surface area contributed by atoms with Crippen LogP contribution in [-0.2, 0) is 0 Å². The number of rotatable bonds is 0. The van der Waals surface area contributed by atoms with Crippen molar-refractivity contribution in [2.24, 2.45) is 0 Å². The first-order valence-electron chi connectivity index (χ1n) is 1.07. The molecule has 0 spiro atoms. The molecule has 0 amide bonds. The van der Waals surface area contributed by atoms with Gasteiger partial charge in [-0.15, -0.1) is 0 Å². The molecule has 0 N–H and O–H groups in total. The summed E-state index contributed by atoms with van der Waals surface area (Å²) in [6, 6.07) is 0. The molecular formula is C3F3+. The molecule has 0 fully saturated rings. The first-order chi connectivity index (χ1) is 2.56. The zero-order valence-corrected chi connectivity index (χ0v) is 2.63. The maximum absolute atomic E-state index is 10.5. The minimum atomic E-state index is -4.54. The fourth-order valence-electron chi connectivity index (χ4n) is 0. The van der Waals surface area contributed by atoms with Crippen molar-refractivity contribution in [3.8, 4) is 5.92 Å². The monoisotopic (exact) mass is 93.0 g/mol. The van der Waals surface area contributed by atoms with Crippen LogP contribution < -0.4 is 0 Å². The van der Waals surface area contributed by atoms with Gasteiger partial charge in [0.05, 0.1) is 0 Å². The van der Waals surface area contributed by atoms with Gasteiger partial charge in [0.1, 0.15) is 0 Å². The van der Waals surface area contributed by atoms with Crippen LogP contribution in [-0.4, -0.2) is 6.18 Å². The summed E-state index contributed by atoms with van der Waals surface area (Å²) in [4.78, 5) is 0. The predicted molar refractivity (Wildman–Crippen MR) is 13.2 cm³/mol. The van der Waals surface area contributed by atoms with Crippen molar-refractivity contribution in [3.05, 3.63) is 6.42 Å². The standard InChI is InChI=1S/C3F3/c1-2-3(4,5)6/q+1. The summed E-state index contributed by atoms with van der Waals surface area (Å²) in [5.74, 6) is 0.354. The van der Waals surface area contributed by atoms with Crippen molar-refractivity contribution in [3.63, 3.8) is 0 Å². The summed E-state index contributed by atoms with van der Waals surface area (Å²) in [5.41, 5.74) is 0. The second kappa shape index (κ2) is 1.35. The van der Waals surface area contributed by atoms with E-state index in [1.54, 1.807) is 0 Å². The molecule has 0 saturated heterocycles. The van der Waals surface area contributed by atoms with Gasteiger partial charge in [0.15, 0.2) is 0 Å². The second-order valence-corrected chi connectivity index (χ2v) is 0.623. The summed E-state index contributed by atoms with van der Waals surface area (Å²) in [7, 11) is 0. The van der Waals surface area contributed by atoms with Crippen LogP contribution in [0.5, 0.6) is 0 Å². The molecular weight excluding hydrogens is 93.0 g/mol. The van der Waals surface area contributed by atoms with Crippen molar-refractivity contribution in [1.82, 2.24) is 0 Å². The Hall–Kier alpha value is -0.430. The Morgan fingerprint density at radius 3 is 1.50 bits per heavy atom. The molecule has 0 bridgehead atoms. The number of hydrogen-bond acceptors (Lipinski definition) is 0. The normalized spacial score (nSPS) is 10.8. The van der Waals surface area contributed by atoms with Crippen LogP contribution in [0, 0.1) is 12.3 Å². The minimum absolute atomic E-state index is 0.354. The van der Waals surface area contributed by atoms with Gasteiger partial charge in [0, 0.05) is 0 Å². The van der Waals surface area contributed by atoms with Gasteiger partial charge in [0.2, 0.25) is 0 Å². The quantitative estimate of drug-likeness (QED) is 0.311. The van der Waals surface area contributed by atoms with Crippen LogP contribution in [0.3, 0.4) is 0 Å². The first kappa shape index (κ1) is 5.57. The maximum atomic E-state index is 10.5. The van der Waals surface area contributed by atoms with Gasteiger partial charge in [-0.3, -0.25) is 0 Å². The Morgan fingerprint density at radius 2 is 1.50 bits per heavy atom. The number of hydrogen-bond donors (Lipinski definition) is 0. The van der Waals surface area contributed by atoms with Crippen LogP contribution in [0.4, 0.5) is 13.2 Å². The van der Waals surface area contributed by atoms with E-state index in [1.807, 2.05) is 0 Å². The fourth-order valence-corrected chi connectivity index (χ4v) is 0. The van der Waals surface area contributed by atoms with Crippen LogP contribution in [0.1, 0.15) is 0 Å². The van der Waals surface area contributed by atoms with Gasteiger partial charge < -0.3 is 0 Å². The zero-order chi connectivity index (χ0) is 5.21. The van der Waals surface area contributed by atoms with E-state index < -0.39 is 6.18 Å². The van der Waals surface area contributed by atoms with E-state index in [-0.39, 0.29) is 0 Å². The van der Waals surface area contributed by atoms with Crippen molar-refractivity contribution in [1.29, 1.82) is 0 Å². The van der Waals surface area contributed by atoms with Gasteiger partial charge in [-0.25, -0.2) is 0 Å². The van der Waals surface area contributed by atoms with Crippen LogP contribution in [0.15, 0.2) is 0 Å². The van der Waals surface area contributed by atoms with Gasteiger partial charge in [-0.2, -0.15) is 0 Å². The first-order valence-corrected chi connectivity index (χ1v) is 1.07. The van der Waals surface area contributed by atoms with E-state index in [2.05, 4.69) is 0 Å². The predicted octanol–water partition coefficient (Wildman–Crippen LogP) is 1.14. The molecule has 0 saturated carbocycles. The molecule has 0 radical (unpaired) electrons. The summed E-state index contributed by atoms with van der Waals surface area (Å²) in [6.07, 6.45) is 0.938. The molecule has 0 aromatic rings. The fraction of sp³-hybridized carbons (Fsp3) is 0.333. The Morgan fingerprint density at radius 1 is 1.33 bits per heavy atom. The summed E-state index contributed by atoms with van der Waals surface area (Å²) in [6.45, 7) is 0. The van der Waals surface area contributed by atoms with Crippen LogP contribution in [0.25, 0.3) is 0 Å². The Bertz CT molecular complexity index is 73.0. The SMILES string of the molecule is [C+]#CC(F)(F)F. The molecule has 0 rings (SSSR count). The molecule has 0 aromatic heterocycles. The molecule has 0 aliphatic carbocycles. The molecule has 3 heteroatoms. The third-order valence-electron chi connectivity index (χ3n) is 0.142. The van der Waals surface area contributed by atoms with Crippen LogP contribution in [0.2, 0.25) is 0 Å². The Kier molecular flexibility index (Phi) is 1.25. The molecule has 0 unspecified atom stereocenters. The molecule has 0 heterocycles. The molecule has 0 nitrogen and oxygen atoms in total. The van der Waals surface area contributed by atoms with Crippen molar-refractivity contribution in [2.75, 3.05) is 0 Å². The third-order valence-corrected chi connectivity index (χ3v) is 0.142. The van der Waals surface area contributed by atoms with E-state index in [9.17, 15) is 13.2 Å². The van der Waals surface area contributed by atoms with Gasteiger partial charge in [-0.1, -0.05) is 0 Å². The molecule has 32 valence electrons. The van der Waals surface area contributed by atoms with E-state index >= 15 is 0 Å². The summed E-state index contributed by atoms with van der Waals surface area (Å²) >= 11 is 0. The van der Waals surface area contributed by atoms with Gasteiger partial charge in [0.25, 0.3) is 0 Å². The van der Waals surface area contributed by atoms with E-state index in [1.165, 1.54) is 0 Å². The number of alkyl halides is 3. The summed E-state index contributed by atoms with van der Waals surface area (Å²) < 4.78 is 31.5. The van der Waals surface area contributed by atoms with E-state index in [0.29, 0.717) is 5.92 Å². The number of halogens is 3. The molecule has 0 aliphatic rings. The molecule has 6 heavy (non-hydrogen) atoms.